The van der Waals surface area contributed by atoms with Crippen LogP contribution in [0.2, 0.25) is 0 Å². The minimum Gasteiger partial charge on any atom is -0.378 e. The van der Waals surface area contributed by atoms with Crippen LogP contribution in [0.3, 0.4) is 0 Å². The number of hydrogen-bond donors (Lipinski definition) is 1. The van der Waals surface area contributed by atoms with E-state index >= 15 is 0 Å². The molecule has 160 valence electrons. The van der Waals surface area contributed by atoms with Crippen molar-refractivity contribution >= 4 is 17.5 Å². The first kappa shape index (κ1) is 21.8. The number of piperazine rings is 1. The fourth-order valence-corrected chi connectivity index (χ4v) is 3.71. The Morgan fingerprint density at radius 2 is 1.73 bits per heavy atom. The van der Waals surface area contributed by atoms with Gasteiger partial charge in [0.1, 0.15) is 6.54 Å². The second-order valence-electron chi connectivity index (χ2n) is 8.07. The van der Waals surface area contributed by atoms with Crippen LogP contribution < -0.4 is 10.2 Å². The minimum atomic E-state index is -0.107. The van der Waals surface area contributed by atoms with E-state index in [-0.39, 0.29) is 24.3 Å². The molecular weight excluding hydrogens is 376 g/mol. The number of amides is 2. The molecule has 0 aliphatic carbocycles. The third-order valence-corrected chi connectivity index (χ3v) is 5.56. The Labute approximate surface area is 179 Å². The highest BCUT2D eigenvalue weighted by atomic mass is 16.2. The van der Waals surface area contributed by atoms with Crippen LogP contribution in [-0.4, -0.2) is 75.0 Å². The molecule has 2 aromatic carbocycles. The van der Waals surface area contributed by atoms with Crippen molar-refractivity contribution in [3.05, 3.63) is 65.7 Å². The molecule has 6 nitrogen and oxygen atoms in total. The lowest BCUT2D eigenvalue weighted by Gasteiger charge is -2.31. The molecule has 1 aliphatic heterocycles. The van der Waals surface area contributed by atoms with E-state index in [1.54, 1.807) is 4.90 Å². The van der Waals surface area contributed by atoms with Gasteiger partial charge in [0, 0.05) is 58.1 Å². The highest BCUT2D eigenvalue weighted by Crippen LogP contribution is 2.20. The molecule has 0 radical (unpaired) electrons. The molecule has 1 aliphatic rings. The third kappa shape index (κ3) is 5.60. The summed E-state index contributed by atoms with van der Waals surface area (Å²) in [4.78, 5) is 31.9. The lowest BCUT2D eigenvalue weighted by atomic mass is 10.00. The second-order valence-corrected chi connectivity index (χ2v) is 8.07. The Kier molecular flexibility index (Phi) is 7.46. The van der Waals surface area contributed by atoms with Crippen molar-refractivity contribution in [1.82, 2.24) is 15.1 Å². The summed E-state index contributed by atoms with van der Waals surface area (Å²) in [6, 6.07) is 17.7. The molecule has 0 aromatic heterocycles. The summed E-state index contributed by atoms with van der Waals surface area (Å²) in [6.45, 7) is 5.66. The highest BCUT2D eigenvalue weighted by molar-refractivity contribution is 5.97. The smallest absolute Gasteiger partial charge is 0.254 e. The SMILES string of the molecule is C[C@@H](CN(CC(=O)N1CCNCC1)C(=O)c1cccc(N(C)C)c1)c1ccccc1. The number of anilines is 1. The van der Waals surface area contributed by atoms with E-state index in [4.69, 9.17) is 0 Å². The molecule has 1 saturated heterocycles. The maximum Gasteiger partial charge on any atom is 0.254 e. The van der Waals surface area contributed by atoms with Crippen LogP contribution in [0.25, 0.3) is 0 Å². The molecule has 0 saturated carbocycles. The van der Waals surface area contributed by atoms with Crippen LogP contribution in [-0.2, 0) is 4.79 Å². The average Bonchev–Trinajstić information content (AvgIpc) is 2.79. The van der Waals surface area contributed by atoms with E-state index < -0.39 is 0 Å². The Morgan fingerprint density at radius 3 is 2.40 bits per heavy atom. The molecule has 1 fully saturated rings. The van der Waals surface area contributed by atoms with Crippen LogP contribution in [0.4, 0.5) is 5.69 Å². The molecule has 30 heavy (non-hydrogen) atoms. The van der Waals surface area contributed by atoms with Gasteiger partial charge >= 0.3 is 0 Å². The number of nitrogens with one attached hydrogen (secondary N) is 1. The molecule has 1 heterocycles. The minimum absolute atomic E-state index is 0.00822. The first-order valence-corrected chi connectivity index (χ1v) is 10.6. The molecular formula is C24H32N4O2. The van der Waals surface area contributed by atoms with Crippen LogP contribution in [0, 0.1) is 0 Å². The van der Waals surface area contributed by atoms with Crippen LogP contribution in [0.5, 0.6) is 0 Å². The van der Waals surface area contributed by atoms with Crippen molar-refractivity contribution in [2.45, 2.75) is 12.8 Å². The molecule has 1 N–H and O–H groups in total. The predicted octanol–water partition coefficient (Wildman–Crippen LogP) is 2.43. The standard InChI is InChI=1S/C24H32N4O2/c1-19(20-8-5-4-6-9-20)17-28(18-23(29)27-14-12-25-13-15-27)24(30)21-10-7-11-22(16-21)26(2)3/h4-11,16,19,25H,12-15,17-18H2,1-3H3/t19-/m0/s1. The summed E-state index contributed by atoms with van der Waals surface area (Å²) in [5.74, 6) is 0.0295. The Morgan fingerprint density at radius 1 is 1.03 bits per heavy atom. The van der Waals surface area contributed by atoms with Crippen LogP contribution in [0.1, 0.15) is 28.8 Å². The molecule has 2 aromatic rings. The summed E-state index contributed by atoms with van der Waals surface area (Å²) >= 11 is 0. The lowest BCUT2D eigenvalue weighted by molar-refractivity contribution is -0.132. The van der Waals surface area contributed by atoms with Crippen molar-refractivity contribution < 1.29 is 9.59 Å². The van der Waals surface area contributed by atoms with E-state index in [2.05, 4.69) is 24.4 Å². The van der Waals surface area contributed by atoms with Crippen LogP contribution >= 0.6 is 0 Å². The van der Waals surface area contributed by atoms with Crippen molar-refractivity contribution in [3.8, 4) is 0 Å². The normalized spacial score (nSPS) is 14.8. The summed E-state index contributed by atoms with van der Waals surface area (Å²) in [5, 5.41) is 3.26. The number of carbonyl (C=O) groups is 2. The Balaban J connectivity index is 1.81. The van der Waals surface area contributed by atoms with E-state index in [1.807, 2.05) is 66.4 Å². The number of hydrogen-bond acceptors (Lipinski definition) is 4. The summed E-state index contributed by atoms with van der Waals surface area (Å²) in [5.41, 5.74) is 2.73. The topological polar surface area (TPSA) is 55.9 Å². The molecule has 0 spiro atoms. The molecule has 3 rings (SSSR count). The number of benzene rings is 2. The van der Waals surface area contributed by atoms with E-state index in [0.717, 1.165) is 24.3 Å². The van der Waals surface area contributed by atoms with Crippen molar-refractivity contribution in [1.29, 1.82) is 0 Å². The van der Waals surface area contributed by atoms with Gasteiger partial charge in [-0.3, -0.25) is 9.59 Å². The first-order valence-electron chi connectivity index (χ1n) is 10.6. The van der Waals surface area contributed by atoms with Crippen molar-refractivity contribution in [3.63, 3.8) is 0 Å². The van der Waals surface area contributed by atoms with Gasteiger partial charge in [-0.1, -0.05) is 43.3 Å². The zero-order valence-electron chi connectivity index (χ0n) is 18.2. The Bertz CT molecular complexity index is 847. The van der Waals surface area contributed by atoms with Crippen molar-refractivity contribution in [2.75, 3.05) is 58.3 Å². The lowest BCUT2D eigenvalue weighted by Crippen LogP contribution is -2.50. The van der Waals surface area contributed by atoms with E-state index in [0.29, 0.717) is 25.2 Å². The summed E-state index contributed by atoms with van der Waals surface area (Å²) in [7, 11) is 3.90. The van der Waals surface area contributed by atoms with Gasteiger partial charge in [-0.2, -0.15) is 0 Å². The zero-order valence-corrected chi connectivity index (χ0v) is 18.2. The predicted molar refractivity (Wildman–Crippen MR) is 121 cm³/mol. The fourth-order valence-electron chi connectivity index (χ4n) is 3.71. The monoisotopic (exact) mass is 408 g/mol. The number of rotatable bonds is 7. The largest absolute Gasteiger partial charge is 0.378 e. The third-order valence-electron chi connectivity index (χ3n) is 5.56. The van der Waals surface area contributed by atoms with Crippen LogP contribution in [0.15, 0.2) is 54.6 Å². The number of nitrogens with zero attached hydrogens (tertiary/aromatic N) is 3. The van der Waals surface area contributed by atoms with Gasteiger partial charge in [-0.25, -0.2) is 0 Å². The van der Waals surface area contributed by atoms with Gasteiger partial charge < -0.3 is 20.0 Å². The maximum absolute atomic E-state index is 13.4. The first-order chi connectivity index (χ1) is 14.5. The molecule has 6 heteroatoms. The van der Waals surface area contributed by atoms with E-state index in [9.17, 15) is 9.59 Å². The zero-order chi connectivity index (χ0) is 21.5. The molecule has 2 amide bonds. The molecule has 1 atom stereocenters. The quantitative estimate of drug-likeness (QED) is 0.765. The van der Waals surface area contributed by atoms with Gasteiger partial charge in [0.2, 0.25) is 5.91 Å². The van der Waals surface area contributed by atoms with E-state index in [1.165, 1.54) is 0 Å². The second kappa shape index (κ2) is 10.3. The maximum atomic E-state index is 13.4. The highest BCUT2D eigenvalue weighted by Gasteiger charge is 2.25. The average molecular weight is 409 g/mol. The Hall–Kier alpha value is -2.86. The van der Waals surface area contributed by atoms with Gasteiger partial charge in [-0.15, -0.1) is 0 Å². The molecule has 0 bridgehead atoms. The number of carbonyl (C=O) groups excluding carboxylic acids is 2. The van der Waals surface area contributed by atoms with Crippen molar-refractivity contribution in [2.24, 2.45) is 0 Å². The van der Waals surface area contributed by atoms with Gasteiger partial charge in [0.05, 0.1) is 0 Å². The van der Waals surface area contributed by atoms with Gasteiger partial charge in [0.25, 0.3) is 5.91 Å². The van der Waals surface area contributed by atoms with Gasteiger partial charge in [0.15, 0.2) is 0 Å². The fraction of sp³-hybridized carbons (Fsp3) is 0.417. The summed E-state index contributed by atoms with van der Waals surface area (Å²) < 4.78 is 0. The van der Waals surface area contributed by atoms with Gasteiger partial charge in [-0.05, 0) is 29.7 Å². The molecule has 0 unspecified atom stereocenters. The summed E-state index contributed by atoms with van der Waals surface area (Å²) in [6.07, 6.45) is 0.